The van der Waals surface area contributed by atoms with Gasteiger partial charge in [0.25, 0.3) is 5.19 Å². The Labute approximate surface area is 100 Å². The molecule has 0 radical (unpaired) electrons. The van der Waals surface area contributed by atoms with Crippen LogP contribution in [0, 0.1) is 5.41 Å². The number of aromatic nitrogens is 2. The van der Waals surface area contributed by atoms with Gasteiger partial charge in [0.05, 0.1) is 0 Å². The maximum atomic E-state index is 5.82. The Morgan fingerprint density at radius 1 is 1.38 bits per heavy atom. The van der Waals surface area contributed by atoms with E-state index in [1.165, 1.54) is 24.2 Å². The monoisotopic (exact) mass is 241 g/mol. The molecule has 2 rings (SSSR count). The molecule has 0 aromatic carbocycles. The van der Waals surface area contributed by atoms with Gasteiger partial charge in [-0.25, -0.2) is 0 Å². The molecular weight excluding hydrogens is 222 g/mol. The molecule has 1 fully saturated rings. The number of hydrogen-bond donors (Lipinski definition) is 1. The third-order valence-corrected chi connectivity index (χ3v) is 4.01. The standard InChI is InChI=1S/C11H19N3OS/c1-11(2)5-3-8(4-6-11)15-10-14-13-9(7-12)16-10/h8H,3-7,12H2,1-2H3. The van der Waals surface area contributed by atoms with Crippen LogP contribution >= 0.6 is 11.3 Å². The van der Waals surface area contributed by atoms with E-state index in [2.05, 4.69) is 24.0 Å². The molecule has 1 aliphatic rings. The molecule has 2 N–H and O–H groups in total. The lowest BCUT2D eigenvalue weighted by Crippen LogP contribution is -2.28. The first-order valence-corrected chi connectivity index (χ1v) is 6.60. The SMILES string of the molecule is CC1(C)CCC(Oc2nnc(CN)s2)CC1. The first kappa shape index (κ1) is 11.8. The van der Waals surface area contributed by atoms with Gasteiger partial charge in [0.15, 0.2) is 0 Å². The van der Waals surface area contributed by atoms with E-state index in [4.69, 9.17) is 10.5 Å². The second-order valence-electron chi connectivity index (χ2n) is 5.15. The quantitative estimate of drug-likeness (QED) is 0.882. The van der Waals surface area contributed by atoms with E-state index in [-0.39, 0.29) is 0 Å². The second kappa shape index (κ2) is 4.67. The molecule has 0 bridgehead atoms. The van der Waals surface area contributed by atoms with E-state index in [0.29, 0.717) is 23.3 Å². The molecule has 1 aromatic heterocycles. The number of nitrogens with two attached hydrogens (primary N) is 1. The summed E-state index contributed by atoms with van der Waals surface area (Å²) in [5.74, 6) is 0. The largest absolute Gasteiger partial charge is 0.466 e. The molecule has 4 nitrogen and oxygen atoms in total. The topological polar surface area (TPSA) is 61.0 Å². The van der Waals surface area contributed by atoms with Crippen molar-refractivity contribution in [3.8, 4) is 5.19 Å². The molecule has 0 aliphatic heterocycles. The van der Waals surface area contributed by atoms with Crippen LogP contribution in [-0.4, -0.2) is 16.3 Å². The van der Waals surface area contributed by atoms with Crippen LogP contribution in [-0.2, 0) is 6.54 Å². The zero-order valence-electron chi connectivity index (χ0n) is 9.90. The molecule has 16 heavy (non-hydrogen) atoms. The van der Waals surface area contributed by atoms with Gasteiger partial charge in [-0.3, -0.25) is 0 Å². The summed E-state index contributed by atoms with van der Waals surface area (Å²) in [6.07, 6.45) is 4.99. The van der Waals surface area contributed by atoms with Crippen LogP contribution in [0.1, 0.15) is 44.5 Å². The summed E-state index contributed by atoms with van der Waals surface area (Å²) in [4.78, 5) is 0. The minimum Gasteiger partial charge on any atom is -0.466 e. The van der Waals surface area contributed by atoms with Crippen molar-refractivity contribution in [2.24, 2.45) is 11.1 Å². The van der Waals surface area contributed by atoms with Gasteiger partial charge in [-0.05, 0) is 31.1 Å². The third kappa shape index (κ3) is 2.92. The minimum absolute atomic E-state index is 0.312. The molecule has 5 heteroatoms. The highest BCUT2D eigenvalue weighted by molar-refractivity contribution is 7.13. The highest BCUT2D eigenvalue weighted by atomic mass is 32.1. The summed E-state index contributed by atoms with van der Waals surface area (Å²) in [5.41, 5.74) is 5.96. The predicted molar refractivity (Wildman–Crippen MR) is 64.5 cm³/mol. The molecule has 0 unspecified atom stereocenters. The Morgan fingerprint density at radius 2 is 2.06 bits per heavy atom. The lowest BCUT2D eigenvalue weighted by molar-refractivity contribution is 0.0978. The first-order valence-electron chi connectivity index (χ1n) is 5.78. The zero-order chi connectivity index (χ0) is 11.6. The number of ether oxygens (including phenoxy) is 1. The van der Waals surface area contributed by atoms with Crippen LogP contribution in [0.2, 0.25) is 0 Å². The third-order valence-electron chi connectivity index (χ3n) is 3.18. The molecule has 1 heterocycles. The number of rotatable bonds is 3. The molecule has 0 saturated heterocycles. The Balaban J connectivity index is 1.87. The van der Waals surface area contributed by atoms with Gasteiger partial charge in [-0.15, -0.1) is 5.10 Å². The van der Waals surface area contributed by atoms with Gasteiger partial charge in [0, 0.05) is 6.54 Å². The lowest BCUT2D eigenvalue weighted by Gasteiger charge is -2.33. The van der Waals surface area contributed by atoms with Crippen molar-refractivity contribution in [1.82, 2.24) is 10.2 Å². The molecule has 90 valence electrons. The first-order chi connectivity index (χ1) is 7.59. The van der Waals surface area contributed by atoms with E-state index < -0.39 is 0 Å². The van der Waals surface area contributed by atoms with Gasteiger partial charge < -0.3 is 10.5 Å². The molecule has 0 amide bonds. The van der Waals surface area contributed by atoms with Crippen molar-refractivity contribution >= 4 is 11.3 Å². The van der Waals surface area contributed by atoms with Crippen molar-refractivity contribution < 1.29 is 4.74 Å². The van der Waals surface area contributed by atoms with E-state index in [0.717, 1.165) is 17.8 Å². The molecule has 1 aliphatic carbocycles. The van der Waals surface area contributed by atoms with E-state index in [1.54, 1.807) is 0 Å². The van der Waals surface area contributed by atoms with E-state index in [1.807, 2.05) is 0 Å². The molecule has 0 spiro atoms. The maximum absolute atomic E-state index is 5.82. The summed E-state index contributed by atoms with van der Waals surface area (Å²) >= 11 is 1.46. The highest BCUT2D eigenvalue weighted by Gasteiger charge is 2.28. The predicted octanol–water partition coefficient (Wildman–Crippen LogP) is 2.34. The molecule has 0 atom stereocenters. The van der Waals surface area contributed by atoms with Gasteiger partial charge in [0.2, 0.25) is 0 Å². The summed E-state index contributed by atoms with van der Waals surface area (Å²) < 4.78 is 5.82. The van der Waals surface area contributed by atoms with Crippen LogP contribution in [0.3, 0.4) is 0 Å². The molecule has 1 saturated carbocycles. The Bertz CT molecular complexity index is 341. The van der Waals surface area contributed by atoms with Crippen LogP contribution < -0.4 is 10.5 Å². The number of nitrogens with zero attached hydrogens (tertiary/aromatic N) is 2. The van der Waals surface area contributed by atoms with Crippen molar-refractivity contribution in [3.63, 3.8) is 0 Å². The molecule has 1 aromatic rings. The van der Waals surface area contributed by atoms with E-state index in [9.17, 15) is 0 Å². The Kier molecular flexibility index (Phi) is 3.44. The van der Waals surface area contributed by atoms with Crippen molar-refractivity contribution in [1.29, 1.82) is 0 Å². The van der Waals surface area contributed by atoms with Crippen LogP contribution in [0.15, 0.2) is 0 Å². The summed E-state index contributed by atoms with van der Waals surface area (Å²) in [5, 5.41) is 9.44. The van der Waals surface area contributed by atoms with E-state index >= 15 is 0 Å². The Morgan fingerprint density at radius 3 is 2.62 bits per heavy atom. The lowest BCUT2D eigenvalue weighted by atomic mass is 9.76. The van der Waals surface area contributed by atoms with Crippen molar-refractivity contribution in [3.05, 3.63) is 5.01 Å². The maximum Gasteiger partial charge on any atom is 0.294 e. The fourth-order valence-electron chi connectivity index (χ4n) is 2.00. The van der Waals surface area contributed by atoms with Crippen LogP contribution in [0.4, 0.5) is 0 Å². The van der Waals surface area contributed by atoms with Gasteiger partial charge in [-0.2, -0.15) is 0 Å². The Hall–Kier alpha value is -0.680. The number of hydrogen-bond acceptors (Lipinski definition) is 5. The fourth-order valence-corrected chi connectivity index (χ4v) is 2.63. The molecular formula is C11H19N3OS. The smallest absolute Gasteiger partial charge is 0.294 e. The average molecular weight is 241 g/mol. The minimum atomic E-state index is 0.312. The van der Waals surface area contributed by atoms with Gasteiger partial charge >= 0.3 is 0 Å². The zero-order valence-corrected chi connectivity index (χ0v) is 10.7. The van der Waals surface area contributed by atoms with Crippen LogP contribution in [0.25, 0.3) is 0 Å². The summed E-state index contributed by atoms with van der Waals surface area (Å²) in [7, 11) is 0. The van der Waals surface area contributed by atoms with Crippen molar-refractivity contribution in [2.75, 3.05) is 0 Å². The van der Waals surface area contributed by atoms with Crippen LogP contribution in [0.5, 0.6) is 5.19 Å². The summed E-state index contributed by atoms with van der Waals surface area (Å²) in [6.45, 7) is 5.08. The van der Waals surface area contributed by atoms with Crippen molar-refractivity contribution in [2.45, 2.75) is 52.2 Å². The normalized spacial score (nSPS) is 20.9. The average Bonchev–Trinajstić information content (AvgIpc) is 2.69. The highest BCUT2D eigenvalue weighted by Crippen LogP contribution is 2.36. The van der Waals surface area contributed by atoms with Gasteiger partial charge in [-0.1, -0.05) is 30.3 Å². The summed E-state index contributed by atoms with van der Waals surface area (Å²) in [6, 6.07) is 0. The second-order valence-corrected chi connectivity index (χ2v) is 6.17. The van der Waals surface area contributed by atoms with Gasteiger partial charge in [0.1, 0.15) is 11.1 Å². The fraction of sp³-hybridized carbons (Fsp3) is 0.818.